The third-order valence-electron chi connectivity index (χ3n) is 3.10. The van der Waals surface area contributed by atoms with Crippen molar-refractivity contribution in [1.29, 1.82) is 0 Å². The third kappa shape index (κ3) is 1.24. The van der Waals surface area contributed by atoms with Crippen LogP contribution in [-0.2, 0) is 5.41 Å². The van der Waals surface area contributed by atoms with E-state index in [1.165, 1.54) is 18.2 Å². The molecule has 1 aliphatic rings. The van der Waals surface area contributed by atoms with Gasteiger partial charge in [-0.25, -0.2) is 0 Å². The number of benzene rings is 1. The molecule has 1 aromatic carbocycles. The van der Waals surface area contributed by atoms with E-state index in [1.54, 1.807) is 6.92 Å². The van der Waals surface area contributed by atoms with E-state index in [0.717, 1.165) is 12.8 Å². The molecule has 0 amide bonds. The van der Waals surface area contributed by atoms with Gasteiger partial charge in [0.25, 0.3) is 0 Å². The zero-order valence-corrected chi connectivity index (χ0v) is 8.07. The number of phenolic OH excluding ortho intramolecular Hbond substituents is 2. The van der Waals surface area contributed by atoms with Crippen molar-refractivity contribution in [2.75, 3.05) is 0 Å². The molecule has 3 nitrogen and oxygen atoms in total. The van der Waals surface area contributed by atoms with Crippen LogP contribution in [0.1, 0.15) is 25.3 Å². The van der Waals surface area contributed by atoms with Crippen LogP contribution in [0, 0.1) is 0 Å². The molecule has 0 bridgehead atoms. The SMILES string of the molecule is CC(O)C1(c2cc(O)ccc2O)CC1. The van der Waals surface area contributed by atoms with Crippen molar-refractivity contribution in [3.63, 3.8) is 0 Å². The fraction of sp³-hybridized carbons (Fsp3) is 0.455. The minimum Gasteiger partial charge on any atom is -0.508 e. The van der Waals surface area contributed by atoms with E-state index < -0.39 is 6.10 Å². The van der Waals surface area contributed by atoms with Crippen molar-refractivity contribution in [2.24, 2.45) is 0 Å². The Kier molecular flexibility index (Phi) is 1.93. The number of hydrogen-bond acceptors (Lipinski definition) is 3. The number of hydrogen-bond donors (Lipinski definition) is 3. The summed E-state index contributed by atoms with van der Waals surface area (Å²) in [5, 5.41) is 28.6. The highest BCUT2D eigenvalue weighted by Crippen LogP contribution is 2.54. The van der Waals surface area contributed by atoms with E-state index >= 15 is 0 Å². The Hall–Kier alpha value is -1.22. The molecule has 0 spiro atoms. The van der Waals surface area contributed by atoms with Crippen molar-refractivity contribution in [3.05, 3.63) is 23.8 Å². The van der Waals surface area contributed by atoms with Crippen LogP contribution in [0.4, 0.5) is 0 Å². The third-order valence-corrected chi connectivity index (χ3v) is 3.10. The summed E-state index contributed by atoms with van der Waals surface area (Å²) in [5.74, 6) is 0.283. The molecule has 14 heavy (non-hydrogen) atoms. The molecular weight excluding hydrogens is 180 g/mol. The average Bonchev–Trinajstić information content (AvgIpc) is 2.90. The molecule has 2 rings (SSSR count). The van der Waals surface area contributed by atoms with Crippen LogP contribution in [0.3, 0.4) is 0 Å². The molecule has 0 radical (unpaired) electrons. The lowest BCUT2D eigenvalue weighted by Gasteiger charge is -2.20. The molecule has 0 aliphatic heterocycles. The summed E-state index contributed by atoms with van der Waals surface area (Å²) in [6, 6.07) is 4.44. The van der Waals surface area contributed by atoms with E-state index in [0.29, 0.717) is 5.56 Å². The van der Waals surface area contributed by atoms with Gasteiger partial charge in [-0.2, -0.15) is 0 Å². The number of aliphatic hydroxyl groups excluding tert-OH is 1. The number of phenols is 2. The molecule has 3 heteroatoms. The van der Waals surface area contributed by atoms with Crippen molar-refractivity contribution >= 4 is 0 Å². The van der Waals surface area contributed by atoms with Gasteiger partial charge in [-0.1, -0.05) is 0 Å². The molecule has 0 aromatic heterocycles. The number of rotatable bonds is 2. The predicted molar refractivity (Wildman–Crippen MR) is 52.4 cm³/mol. The highest BCUT2D eigenvalue weighted by molar-refractivity contribution is 5.47. The lowest BCUT2D eigenvalue weighted by molar-refractivity contribution is 0.149. The summed E-state index contributed by atoms with van der Waals surface area (Å²) in [6.45, 7) is 1.72. The molecule has 0 heterocycles. The molecule has 76 valence electrons. The zero-order chi connectivity index (χ0) is 10.3. The first-order valence-electron chi connectivity index (χ1n) is 4.77. The second-order valence-corrected chi connectivity index (χ2v) is 4.03. The Bertz CT molecular complexity index is 354. The summed E-state index contributed by atoms with van der Waals surface area (Å²) >= 11 is 0. The summed E-state index contributed by atoms with van der Waals surface area (Å²) < 4.78 is 0. The van der Waals surface area contributed by atoms with Gasteiger partial charge >= 0.3 is 0 Å². The Balaban J connectivity index is 2.46. The second kappa shape index (κ2) is 2.89. The summed E-state index contributed by atoms with van der Waals surface area (Å²) in [4.78, 5) is 0. The quantitative estimate of drug-likeness (QED) is 0.625. The van der Waals surface area contributed by atoms with Crippen molar-refractivity contribution in [2.45, 2.75) is 31.3 Å². The summed E-state index contributed by atoms with van der Waals surface area (Å²) in [5.41, 5.74) is 0.329. The average molecular weight is 194 g/mol. The Morgan fingerprint density at radius 1 is 1.29 bits per heavy atom. The molecule has 1 saturated carbocycles. The van der Waals surface area contributed by atoms with Gasteiger partial charge in [-0.3, -0.25) is 0 Å². The fourth-order valence-electron chi connectivity index (χ4n) is 1.97. The first-order valence-corrected chi connectivity index (χ1v) is 4.77. The van der Waals surface area contributed by atoms with Crippen molar-refractivity contribution < 1.29 is 15.3 Å². The van der Waals surface area contributed by atoms with Gasteiger partial charge < -0.3 is 15.3 Å². The van der Waals surface area contributed by atoms with E-state index in [1.807, 2.05) is 0 Å². The highest BCUT2D eigenvalue weighted by atomic mass is 16.3. The van der Waals surface area contributed by atoms with E-state index in [2.05, 4.69) is 0 Å². The molecule has 3 N–H and O–H groups in total. The number of aromatic hydroxyl groups is 2. The van der Waals surface area contributed by atoms with E-state index in [-0.39, 0.29) is 16.9 Å². The Morgan fingerprint density at radius 3 is 2.43 bits per heavy atom. The van der Waals surface area contributed by atoms with Crippen LogP contribution in [-0.4, -0.2) is 21.4 Å². The number of aliphatic hydroxyl groups is 1. The minimum atomic E-state index is -0.491. The van der Waals surface area contributed by atoms with E-state index in [9.17, 15) is 15.3 Å². The standard InChI is InChI=1S/C11H14O3/c1-7(12)11(4-5-11)9-6-8(13)2-3-10(9)14/h2-3,6-7,12-14H,4-5H2,1H3. The largest absolute Gasteiger partial charge is 0.508 e. The van der Waals surface area contributed by atoms with Crippen LogP contribution in [0.5, 0.6) is 11.5 Å². The molecule has 1 fully saturated rings. The molecule has 1 aromatic rings. The van der Waals surface area contributed by atoms with Crippen LogP contribution in [0.15, 0.2) is 18.2 Å². The molecular formula is C11H14O3. The smallest absolute Gasteiger partial charge is 0.119 e. The van der Waals surface area contributed by atoms with Crippen molar-refractivity contribution in [3.8, 4) is 11.5 Å². The van der Waals surface area contributed by atoms with Gasteiger partial charge in [-0.05, 0) is 38.0 Å². The highest BCUT2D eigenvalue weighted by Gasteiger charge is 2.50. The van der Waals surface area contributed by atoms with Gasteiger partial charge in [0.1, 0.15) is 11.5 Å². The van der Waals surface area contributed by atoms with Gasteiger partial charge in [0.2, 0.25) is 0 Å². The van der Waals surface area contributed by atoms with Gasteiger partial charge in [-0.15, -0.1) is 0 Å². The summed E-state index contributed by atoms with van der Waals surface area (Å²) in [7, 11) is 0. The van der Waals surface area contributed by atoms with E-state index in [4.69, 9.17) is 0 Å². The first-order chi connectivity index (χ1) is 6.56. The molecule has 1 aliphatic carbocycles. The summed E-state index contributed by atoms with van der Waals surface area (Å²) in [6.07, 6.45) is 1.23. The Labute approximate surface area is 82.6 Å². The van der Waals surface area contributed by atoms with Crippen LogP contribution < -0.4 is 0 Å². The maximum Gasteiger partial charge on any atom is 0.119 e. The van der Waals surface area contributed by atoms with Gasteiger partial charge in [0, 0.05) is 11.0 Å². The minimum absolute atomic E-state index is 0.129. The lowest BCUT2D eigenvalue weighted by atomic mass is 9.90. The van der Waals surface area contributed by atoms with Crippen LogP contribution >= 0.6 is 0 Å². The topological polar surface area (TPSA) is 60.7 Å². The second-order valence-electron chi connectivity index (χ2n) is 4.03. The van der Waals surface area contributed by atoms with Crippen LogP contribution in [0.2, 0.25) is 0 Å². The monoisotopic (exact) mass is 194 g/mol. The maximum atomic E-state index is 9.64. The normalized spacial score (nSPS) is 20.4. The maximum absolute atomic E-state index is 9.64. The van der Waals surface area contributed by atoms with Gasteiger partial charge in [0.05, 0.1) is 6.10 Å². The molecule has 1 atom stereocenters. The molecule has 1 unspecified atom stereocenters. The zero-order valence-electron chi connectivity index (χ0n) is 8.07. The van der Waals surface area contributed by atoms with Crippen LogP contribution in [0.25, 0.3) is 0 Å². The lowest BCUT2D eigenvalue weighted by Crippen LogP contribution is -2.22. The molecule has 0 saturated heterocycles. The van der Waals surface area contributed by atoms with Crippen molar-refractivity contribution in [1.82, 2.24) is 0 Å². The predicted octanol–water partition coefficient (Wildman–Crippen LogP) is 1.51. The first kappa shape index (κ1) is 9.34. The fourth-order valence-corrected chi connectivity index (χ4v) is 1.97. The Morgan fingerprint density at radius 2 is 1.93 bits per heavy atom. The van der Waals surface area contributed by atoms with Gasteiger partial charge in [0.15, 0.2) is 0 Å².